The lowest BCUT2D eigenvalue weighted by Gasteiger charge is -2.13. The van der Waals surface area contributed by atoms with E-state index in [2.05, 4.69) is 32.0 Å². The molecule has 8 heteroatoms. The van der Waals surface area contributed by atoms with Crippen LogP contribution < -0.4 is 20.7 Å². The maximum Gasteiger partial charge on any atom is 0.319 e. The standard InChI is InChI=1S/C22H22N6O2/c23-10-9-17-5-7-19(8-6-17)30-16-18-3-1-2-4-20(18)28-22(29)27-14-13-26-21-15-24-11-12-25-21/h1-8,11-12,15H,9,13-14,16H2,(H,25,26)(H2,27,28,29). The Kier molecular flexibility index (Phi) is 7.57. The number of carbonyl (C=O) groups excluding carboxylic acids is 1. The number of para-hydroxylation sites is 1. The van der Waals surface area contributed by atoms with E-state index in [1.165, 1.54) is 0 Å². The van der Waals surface area contributed by atoms with Crippen molar-refractivity contribution in [3.63, 3.8) is 0 Å². The molecule has 0 aliphatic rings. The molecular weight excluding hydrogens is 380 g/mol. The molecule has 2 aromatic carbocycles. The minimum Gasteiger partial charge on any atom is -0.489 e. The second kappa shape index (κ2) is 11.0. The molecule has 0 aliphatic carbocycles. The van der Waals surface area contributed by atoms with E-state index >= 15 is 0 Å². The quantitative estimate of drug-likeness (QED) is 0.473. The van der Waals surface area contributed by atoms with Gasteiger partial charge >= 0.3 is 6.03 Å². The fourth-order valence-electron chi connectivity index (χ4n) is 2.65. The van der Waals surface area contributed by atoms with Crippen molar-refractivity contribution in [1.29, 1.82) is 5.26 Å². The van der Waals surface area contributed by atoms with Crippen LogP contribution in [0.4, 0.5) is 16.3 Å². The Morgan fingerprint density at radius 3 is 2.67 bits per heavy atom. The van der Waals surface area contributed by atoms with E-state index < -0.39 is 0 Å². The monoisotopic (exact) mass is 402 g/mol. The van der Waals surface area contributed by atoms with E-state index in [0.29, 0.717) is 43.4 Å². The summed E-state index contributed by atoms with van der Waals surface area (Å²) in [5.74, 6) is 1.36. The summed E-state index contributed by atoms with van der Waals surface area (Å²) in [5, 5.41) is 17.4. The van der Waals surface area contributed by atoms with Crippen molar-refractivity contribution in [2.75, 3.05) is 23.7 Å². The molecule has 0 atom stereocenters. The number of rotatable bonds is 9. The molecule has 8 nitrogen and oxygen atoms in total. The maximum atomic E-state index is 12.2. The second-order valence-electron chi connectivity index (χ2n) is 6.32. The zero-order valence-corrected chi connectivity index (χ0v) is 16.3. The summed E-state index contributed by atoms with van der Waals surface area (Å²) in [6.07, 6.45) is 5.19. The number of nitriles is 1. The van der Waals surface area contributed by atoms with Gasteiger partial charge < -0.3 is 20.7 Å². The van der Waals surface area contributed by atoms with Crippen LogP contribution >= 0.6 is 0 Å². The van der Waals surface area contributed by atoms with E-state index in [4.69, 9.17) is 10.00 Å². The van der Waals surface area contributed by atoms with Crippen LogP contribution in [0.1, 0.15) is 11.1 Å². The van der Waals surface area contributed by atoms with Gasteiger partial charge in [0.25, 0.3) is 0 Å². The van der Waals surface area contributed by atoms with Crippen molar-refractivity contribution in [3.8, 4) is 11.8 Å². The zero-order valence-electron chi connectivity index (χ0n) is 16.3. The van der Waals surface area contributed by atoms with Gasteiger partial charge in [-0.05, 0) is 23.8 Å². The largest absolute Gasteiger partial charge is 0.489 e. The Labute approximate surface area is 174 Å². The minimum absolute atomic E-state index is 0.302. The van der Waals surface area contributed by atoms with Crippen molar-refractivity contribution in [2.24, 2.45) is 0 Å². The van der Waals surface area contributed by atoms with E-state index in [1.807, 2.05) is 48.5 Å². The lowest BCUT2D eigenvalue weighted by atomic mass is 10.1. The molecule has 0 saturated heterocycles. The van der Waals surface area contributed by atoms with Crippen molar-refractivity contribution < 1.29 is 9.53 Å². The summed E-state index contributed by atoms with van der Waals surface area (Å²) >= 11 is 0. The highest BCUT2D eigenvalue weighted by molar-refractivity contribution is 5.90. The van der Waals surface area contributed by atoms with Crippen LogP contribution in [0.3, 0.4) is 0 Å². The first kappa shape index (κ1) is 20.6. The van der Waals surface area contributed by atoms with Crippen LogP contribution in [0.25, 0.3) is 0 Å². The predicted molar refractivity (Wildman–Crippen MR) is 114 cm³/mol. The van der Waals surface area contributed by atoms with Crippen LogP contribution in [-0.4, -0.2) is 29.1 Å². The molecule has 3 N–H and O–H groups in total. The van der Waals surface area contributed by atoms with Crippen molar-refractivity contribution in [2.45, 2.75) is 13.0 Å². The van der Waals surface area contributed by atoms with Crippen molar-refractivity contribution >= 4 is 17.5 Å². The molecule has 3 rings (SSSR count). The number of carbonyl (C=O) groups is 1. The number of nitrogens with zero attached hydrogens (tertiary/aromatic N) is 3. The maximum absolute atomic E-state index is 12.2. The molecule has 0 radical (unpaired) electrons. The van der Waals surface area contributed by atoms with Gasteiger partial charge in [-0.3, -0.25) is 4.98 Å². The van der Waals surface area contributed by atoms with Gasteiger partial charge in [-0.1, -0.05) is 30.3 Å². The number of hydrogen-bond acceptors (Lipinski definition) is 6. The van der Waals surface area contributed by atoms with Crippen molar-refractivity contribution in [1.82, 2.24) is 15.3 Å². The van der Waals surface area contributed by atoms with Gasteiger partial charge in [-0.25, -0.2) is 9.78 Å². The third-order valence-electron chi connectivity index (χ3n) is 4.15. The first-order chi connectivity index (χ1) is 14.7. The van der Waals surface area contributed by atoms with Crippen LogP contribution in [0.2, 0.25) is 0 Å². The van der Waals surface area contributed by atoms with Crippen molar-refractivity contribution in [3.05, 3.63) is 78.2 Å². The number of aromatic nitrogens is 2. The van der Waals surface area contributed by atoms with E-state index in [1.54, 1.807) is 18.6 Å². The predicted octanol–water partition coefficient (Wildman–Crippen LogP) is 3.36. The summed E-state index contributed by atoms with van der Waals surface area (Å²) in [5.41, 5.74) is 2.47. The summed E-state index contributed by atoms with van der Waals surface area (Å²) < 4.78 is 5.82. The molecule has 30 heavy (non-hydrogen) atoms. The summed E-state index contributed by atoms with van der Waals surface area (Å²) in [4.78, 5) is 20.3. The Morgan fingerprint density at radius 1 is 1.07 bits per heavy atom. The van der Waals surface area contributed by atoms with Crippen LogP contribution in [0, 0.1) is 11.3 Å². The van der Waals surface area contributed by atoms with Gasteiger partial charge in [0, 0.05) is 36.7 Å². The SMILES string of the molecule is N#CCc1ccc(OCc2ccccc2NC(=O)NCCNc2cnccn2)cc1. The molecule has 2 amide bonds. The molecule has 0 fully saturated rings. The minimum atomic E-state index is -0.302. The number of benzene rings is 2. The average molecular weight is 402 g/mol. The summed E-state index contributed by atoms with van der Waals surface area (Å²) in [6, 6.07) is 16.7. The van der Waals surface area contributed by atoms with Gasteiger partial charge in [-0.2, -0.15) is 5.26 Å². The van der Waals surface area contributed by atoms with E-state index in [9.17, 15) is 4.79 Å². The fourth-order valence-corrected chi connectivity index (χ4v) is 2.65. The number of nitrogens with one attached hydrogen (secondary N) is 3. The Bertz CT molecular complexity index is 987. The van der Waals surface area contributed by atoms with Crippen LogP contribution in [0.5, 0.6) is 5.75 Å². The highest BCUT2D eigenvalue weighted by Crippen LogP contribution is 2.19. The van der Waals surface area contributed by atoms with Gasteiger partial charge in [0.15, 0.2) is 0 Å². The molecular formula is C22H22N6O2. The van der Waals surface area contributed by atoms with Gasteiger partial charge in [0.1, 0.15) is 18.2 Å². The summed E-state index contributed by atoms with van der Waals surface area (Å²) in [6.45, 7) is 1.26. The van der Waals surface area contributed by atoms with Crippen LogP contribution in [-0.2, 0) is 13.0 Å². The van der Waals surface area contributed by atoms with Gasteiger partial charge in [0.2, 0.25) is 0 Å². The topological polar surface area (TPSA) is 112 Å². The number of hydrogen-bond donors (Lipinski definition) is 3. The Hall–Kier alpha value is -4.12. The molecule has 3 aromatic rings. The molecule has 0 spiro atoms. The third kappa shape index (κ3) is 6.49. The number of urea groups is 1. The molecule has 1 aromatic heterocycles. The first-order valence-corrected chi connectivity index (χ1v) is 9.46. The number of anilines is 2. The smallest absolute Gasteiger partial charge is 0.319 e. The van der Waals surface area contributed by atoms with Gasteiger partial charge in [-0.15, -0.1) is 0 Å². The average Bonchev–Trinajstić information content (AvgIpc) is 2.78. The third-order valence-corrected chi connectivity index (χ3v) is 4.15. The second-order valence-corrected chi connectivity index (χ2v) is 6.32. The van der Waals surface area contributed by atoms with E-state index in [-0.39, 0.29) is 6.03 Å². The summed E-state index contributed by atoms with van der Waals surface area (Å²) in [7, 11) is 0. The zero-order chi connectivity index (χ0) is 21.0. The molecule has 0 unspecified atom stereocenters. The molecule has 0 aliphatic heterocycles. The lowest BCUT2D eigenvalue weighted by Crippen LogP contribution is -2.33. The molecule has 152 valence electrons. The van der Waals surface area contributed by atoms with Crippen LogP contribution in [0.15, 0.2) is 67.1 Å². The lowest BCUT2D eigenvalue weighted by molar-refractivity contribution is 0.252. The van der Waals surface area contributed by atoms with Gasteiger partial charge in [0.05, 0.1) is 18.7 Å². The highest BCUT2D eigenvalue weighted by atomic mass is 16.5. The normalized spacial score (nSPS) is 9.97. The Morgan fingerprint density at radius 2 is 1.90 bits per heavy atom. The molecule has 1 heterocycles. The Balaban J connectivity index is 1.47. The fraction of sp³-hybridized carbons (Fsp3) is 0.182. The number of ether oxygens (including phenoxy) is 1. The highest BCUT2D eigenvalue weighted by Gasteiger charge is 2.07. The number of amides is 2. The molecule has 0 saturated carbocycles. The van der Waals surface area contributed by atoms with E-state index in [0.717, 1.165) is 11.1 Å². The first-order valence-electron chi connectivity index (χ1n) is 9.46. The molecule has 0 bridgehead atoms.